The van der Waals surface area contributed by atoms with Crippen molar-refractivity contribution in [2.24, 2.45) is 0 Å². The van der Waals surface area contributed by atoms with E-state index in [2.05, 4.69) is 29.1 Å². The number of hydrogen-bond acceptors (Lipinski definition) is 5. The fourth-order valence-corrected chi connectivity index (χ4v) is 2.25. The summed E-state index contributed by atoms with van der Waals surface area (Å²) in [5.41, 5.74) is 0.537. The Morgan fingerprint density at radius 1 is 1.47 bits per heavy atom. The van der Waals surface area contributed by atoms with Crippen molar-refractivity contribution in [2.45, 2.75) is 45.3 Å². The number of nitrogens with zero attached hydrogens (tertiary/aromatic N) is 2. The summed E-state index contributed by atoms with van der Waals surface area (Å²) in [6.07, 6.45) is 3.09. The van der Waals surface area contributed by atoms with Gasteiger partial charge in [-0.25, -0.2) is 9.97 Å². The molecular formula is C14H23N3O2. The lowest BCUT2D eigenvalue weighted by Crippen LogP contribution is -2.25. The highest BCUT2D eigenvalue weighted by molar-refractivity contribution is 5.36. The van der Waals surface area contributed by atoms with E-state index in [1.165, 1.54) is 0 Å². The van der Waals surface area contributed by atoms with Crippen LogP contribution in [-0.2, 0) is 21.7 Å². The Bertz CT molecular complexity index is 417. The van der Waals surface area contributed by atoms with E-state index in [-0.39, 0.29) is 5.60 Å². The molecule has 0 spiro atoms. The van der Waals surface area contributed by atoms with Gasteiger partial charge in [-0.1, -0.05) is 6.92 Å². The number of nitrogens with one attached hydrogen (secondary N) is 1. The van der Waals surface area contributed by atoms with E-state index in [0.717, 1.165) is 49.8 Å². The van der Waals surface area contributed by atoms with Gasteiger partial charge in [-0.2, -0.15) is 0 Å². The van der Waals surface area contributed by atoms with Gasteiger partial charge < -0.3 is 14.8 Å². The van der Waals surface area contributed by atoms with Crippen molar-refractivity contribution in [3.8, 4) is 0 Å². The number of rotatable bonds is 6. The molecule has 1 N–H and O–H groups in total. The molecule has 1 atom stereocenters. The molecule has 5 nitrogen and oxygen atoms in total. The molecule has 19 heavy (non-hydrogen) atoms. The van der Waals surface area contributed by atoms with Crippen molar-refractivity contribution in [3.05, 3.63) is 17.6 Å². The second-order valence-electron chi connectivity index (χ2n) is 5.11. The van der Waals surface area contributed by atoms with Crippen LogP contribution in [0.5, 0.6) is 0 Å². The fraction of sp³-hybridized carbons (Fsp3) is 0.714. The molecule has 0 amide bonds. The van der Waals surface area contributed by atoms with Gasteiger partial charge in [-0.05, 0) is 26.2 Å². The maximum absolute atomic E-state index is 5.83. The van der Waals surface area contributed by atoms with Crippen molar-refractivity contribution in [2.75, 3.05) is 25.6 Å². The third kappa shape index (κ3) is 3.42. The Morgan fingerprint density at radius 3 is 2.95 bits per heavy atom. The second kappa shape index (κ2) is 6.30. The predicted octanol–water partition coefficient (Wildman–Crippen LogP) is 2.47. The van der Waals surface area contributed by atoms with E-state index in [1.54, 1.807) is 7.11 Å². The Morgan fingerprint density at radius 2 is 2.32 bits per heavy atom. The van der Waals surface area contributed by atoms with Gasteiger partial charge in [0, 0.05) is 26.3 Å². The molecule has 106 valence electrons. The summed E-state index contributed by atoms with van der Waals surface area (Å²) < 4.78 is 11.0. The van der Waals surface area contributed by atoms with Gasteiger partial charge in [0.05, 0.1) is 12.3 Å². The Balaban J connectivity index is 2.27. The van der Waals surface area contributed by atoms with Crippen LogP contribution in [0.15, 0.2) is 6.07 Å². The third-order valence-electron chi connectivity index (χ3n) is 3.32. The molecule has 1 aliphatic rings. The summed E-state index contributed by atoms with van der Waals surface area (Å²) >= 11 is 0. The van der Waals surface area contributed by atoms with E-state index in [9.17, 15) is 0 Å². The van der Waals surface area contributed by atoms with Crippen molar-refractivity contribution < 1.29 is 9.47 Å². The smallest absolute Gasteiger partial charge is 0.162 e. The zero-order valence-electron chi connectivity index (χ0n) is 12.0. The second-order valence-corrected chi connectivity index (χ2v) is 5.11. The Kier molecular flexibility index (Phi) is 4.71. The normalized spacial score (nSPS) is 22.7. The first-order valence-electron chi connectivity index (χ1n) is 6.93. The monoisotopic (exact) mass is 265 g/mol. The zero-order chi connectivity index (χ0) is 13.7. The van der Waals surface area contributed by atoms with Gasteiger partial charge in [0.25, 0.3) is 0 Å². The first-order valence-corrected chi connectivity index (χ1v) is 6.93. The van der Waals surface area contributed by atoms with Gasteiger partial charge in [0.15, 0.2) is 5.82 Å². The molecule has 0 aromatic carbocycles. The molecule has 2 heterocycles. The number of ether oxygens (including phenoxy) is 2. The first kappa shape index (κ1) is 14.2. The van der Waals surface area contributed by atoms with Crippen molar-refractivity contribution in [3.63, 3.8) is 0 Å². The average Bonchev–Trinajstić information content (AvgIpc) is 2.85. The van der Waals surface area contributed by atoms with Crippen LogP contribution in [-0.4, -0.2) is 30.2 Å². The molecule has 1 aliphatic heterocycles. The maximum Gasteiger partial charge on any atom is 0.162 e. The van der Waals surface area contributed by atoms with Gasteiger partial charge in [0.2, 0.25) is 0 Å². The van der Waals surface area contributed by atoms with E-state index < -0.39 is 0 Å². The molecule has 0 saturated carbocycles. The van der Waals surface area contributed by atoms with Crippen molar-refractivity contribution in [1.82, 2.24) is 9.97 Å². The highest BCUT2D eigenvalue weighted by atomic mass is 16.5. The highest BCUT2D eigenvalue weighted by Crippen LogP contribution is 2.34. The molecule has 1 aromatic rings. The molecule has 0 aliphatic carbocycles. The molecule has 1 saturated heterocycles. The summed E-state index contributed by atoms with van der Waals surface area (Å²) in [4.78, 5) is 9.19. The van der Waals surface area contributed by atoms with Crippen molar-refractivity contribution in [1.29, 1.82) is 0 Å². The summed E-state index contributed by atoms with van der Waals surface area (Å²) in [6, 6.07) is 1.95. The van der Waals surface area contributed by atoms with Crippen LogP contribution in [0.25, 0.3) is 0 Å². The van der Waals surface area contributed by atoms with Gasteiger partial charge in [-0.3, -0.25) is 0 Å². The molecular weight excluding hydrogens is 242 g/mol. The quantitative estimate of drug-likeness (QED) is 0.856. The lowest BCUT2D eigenvalue weighted by Gasteiger charge is -2.22. The average molecular weight is 265 g/mol. The summed E-state index contributed by atoms with van der Waals surface area (Å²) in [7, 11) is 1.68. The Hall–Kier alpha value is -1.20. The van der Waals surface area contributed by atoms with Crippen LogP contribution in [0.2, 0.25) is 0 Å². The zero-order valence-corrected chi connectivity index (χ0v) is 12.0. The van der Waals surface area contributed by atoms with Crippen molar-refractivity contribution >= 4 is 5.82 Å². The molecule has 0 bridgehead atoms. The molecule has 5 heteroatoms. The predicted molar refractivity (Wildman–Crippen MR) is 74.1 cm³/mol. The number of hydrogen-bond donors (Lipinski definition) is 1. The lowest BCUT2D eigenvalue weighted by molar-refractivity contribution is 0.00898. The molecule has 2 rings (SSSR count). The van der Waals surface area contributed by atoms with Gasteiger partial charge in [-0.15, -0.1) is 0 Å². The van der Waals surface area contributed by atoms with Gasteiger partial charge >= 0.3 is 0 Å². The summed E-state index contributed by atoms with van der Waals surface area (Å²) in [5.74, 6) is 1.62. The standard InChI is InChI=1S/C14H23N3O2/c1-4-7-15-12-9-11(10-18-3)16-13(17-12)14(2)6-5-8-19-14/h9H,4-8,10H2,1-3H3,(H,15,16,17). The van der Waals surface area contributed by atoms with E-state index >= 15 is 0 Å². The Labute approximate surface area is 114 Å². The topological polar surface area (TPSA) is 56.3 Å². The molecule has 1 fully saturated rings. The van der Waals surface area contributed by atoms with Crippen LogP contribution in [0, 0.1) is 0 Å². The fourth-order valence-electron chi connectivity index (χ4n) is 2.25. The van der Waals surface area contributed by atoms with E-state index in [1.807, 2.05) is 6.07 Å². The van der Waals surface area contributed by atoms with E-state index in [0.29, 0.717) is 6.61 Å². The largest absolute Gasteiger partial charge is 0.378 e. The van der Waals surface area contributed by atoms with Crippen LogP contribution in [0.4, 0.5) is 5.82 Å². The van der Waals surface area contributed by atoms with Crippen LogP contribution < -0.4 is 5.32 Å². The minimum Gasteiger partial charge on any atom is -0.378 e. The minimum absolute atomic E-state index is 0.355. The summed E-state index contributed by atoms with van der Waals surface area (Å²) in [6.45, 7) is 6.38. The number of methoxy groups -OCH3 is 1. The third-order valence-corrected chi connectivity index (χ3v) is 3.32. The lowest BCUT2D eigenvalue weighted by atomic mass is 10.0. The number of anilines is 1. The summed E-state index contributed by atoms with van der Waals surface area (Å²) in [5, 5.41) is 3.31. The SMILES string of the molecule is CCCNc1cc(COC)nc(C2(C)CCCO2)n1. The van der Waals surface area contributed by atoms with Crippen LogP contribution >= 0.6 is 0 Å². The first-order chi connectivity index (χ1) is 9.18. The molecule has 1 aromatic heterocycles. The molecule has 0 radical (unpaired) electrons. The number of aromatic nitrogens is 2. The highest BCUT2D eigenvalue weighted by Gasteiger charge is 2.35. The van der Waals surface area contributed by atoms with E-state index in [4.69, 9.17) is 9.47 Å². The van der Waals surface area contributed by atoms with Crippen LogP contribution in [0.3, 0.4) is 0 Å². The minimum atomic E-state index is -0.355. The van der Waals surface area contributed by atoms with Crippen LogP contribution in [0.1, 0.15) is 44.6 Å². The molecule has 1 unspecified atom stereocenters. The van der Waals surface area contributed by atoms with Gasteiger partial charge in [0.1, 0.15) is 11.4 Å². The maximum atomic E-state index is 5.83.